The van der Waals surface area contributed by atoms with Gasteiger partial charge in [0.25, 0.3) is 5.91 Å². The average molecular weight is 416 g/mol. The quantitative estimate of drug-likeness (QED) is 0.651. The number of benzene rings is 1. The first-order chi connectivity index (χ1) is 15.3. The van der Waals surface area contributed by atoms with Crippen LogP contribution in [-0.4, -0.2) is 56.5 Å². The molecule has 1 amide bonds. The van der Waals surface area contributed by atoms with Crippen LogP contribution in [0.2, 0.25) is 0 Å². The second-order valence-electron chi connectivity index (χ2n) is 9.32. The Balaban J connectivity index is 1.46. The molecule has 6 rings (SSSR count). The van der Waals surface area contributed by atoms with Crippen molar-refractivity contribution in [2.24, 2.45) is 5.92 Å². The Morgan fingerprint density at radius 2 is 1.84 bits per heavy atom. The van der Waals surface area contributed by atoms with E-state index >= 15 is 0 Å². The lowest BCUT2D eigenvalue weighted by Gasteiger charge is -2.29. The van der Waals surface area contributed by atoms with Gasteiger partial charge >= 0.3 is 0 Å². The monoisotopic (exact) mass is 415 g/mol. The Labute approximate surface area is 182 Å². The van der Waals surface area contributed by atoms with E-state index in [2.05, 4.69) is 4.90 Å². The van der Waals surface area contributed by atoms with E-state index in [1.807, 2.05) is 45.9 Å². The molecule has 2 aliphatic heterocycles. The van der Waals surface area contributed by atoms with E-state index in [9.17, 15) is 4.79 Å². The molecule has 6 heteroatoms. The lowest BCUT2D eigenvalue weighted by Crippen LogP contribution is -2.37. The number of fused-ring (bicyclic) bond motifs is 3. The summed E-state index contributed by atoms with van der Waals surface area (Å²) in [5, 5.41) is 4.80. The van der Waals surface area contributed by atoms with Crippen LogP contribution >= 0.6 is 0 Å². The van der Waals surface area contributed by atoms with E-state index < -0.39 is 0 Å². The molecule has 0 unspecified atom stereocenters. The van der Waals surface area contributed by atoms with Gasteiger partial charge < -0.3 is 4.90 Å². The summed E-state index contributed by atoms with van der Waals surface area (Å²) >= 11 is 0. The summed E-state index contributed by atoms with van der Waals surface area (Å²) in [5.41, 5.74) is 5.72. The number of amides is 1. The molecule has 1 aromatic carbocycles. The van der Waals surface area contributed by atoms with Crippen molar-refractivity contribution < 1.29 is 4.79 Å². The number of carbonyl (C=O) groups excluding carboxylic acids is 1. The largest absolute Gasteiger partial charge is 0.339 e. The molecular formula is C25H29N5O. The summed E-state index contributed by atoms with van der Waals surface area (Å²) in [6, 6.07) is 10.1. The first-order valence-corrected chi connectivity index (χ1v) is 11.7. The SMILES string of the molecule is O=C(c1c2c(n3ncc(-c4ccccc4)nc13)CN(CC1CC1)CC2)N1CCCCC1. The van der Waals surface area contributed by atoms with Crippen LogP contribution in [0.3, 0.4) is 0 Å². The molecule has 1 saturated heterocycles. The fourth-order valence-electron chi connectivity index (χ4n) is 5.17. The fourth-order valence-corrected chi connectivity index (χ4v) is 5.17. The Morgan fingerprint density at radius 1 is 1.03 bits per heavy atom. The van der Waals surface area contributed by atoms with Crippen LogP contribution < -0.4 is 0 Å². The number of hydrogen-bond donors (Lipinski definition) is 0. The van der Waals surface area contributed by atoms with Crippen LogP contribution in [0.15, 0.2) is 36.5 Å². The van der Waals surface area contributed by atoms with Crippen molar-refractivity contribution in [3.8, 4) is 11.3 Å². The zero-order chi connectivity index (χ0) is 20.8. The molecule has 0 atom stereocenters. The predicted octanol–water partition coefficient (Wildman–Crippen LogP) is 3.79. The minimum atomic E-state index is 0.147. The van der Waals surface area contributed by atoms with Gasteiger partial charge in [0.05, 0.1) is 23.1 Å². The lowest BCUT2D eigenvalue weighted by molar-refractivity contribution is 0.0724. The van der Waals surface area contributed by atoms with Gasteiger partial charge in [0.1, 0.15) is 0 Å². The minimum absolute atomic E-state index is 0.147. The number of aromatic nitrogens is 3. The number of piperidine rings is 1. The zero-order valence-corrected chi connectivity index (χ0v) is 18.0. The van der Waals surface area contributed by atoms with Crippen LogP contribution in [0, 0.1) is 5.92 Å². The molecule has 6 nitrogen and oxygen atoms in total. The summed E-state index contributed by atoms with van der Waals surface area (Å²) in [7, 11) is 0. The van der Waals surface area contributed by atoms with Crippen molar-refractivity contribution in [3.63, 3.8) is 0 Å². The van der Waals surface area contributed by atoms with Gasteiger partial charge in [0.15, 0.2) is 5.65 Å². The van der Waals surface area contributed by atoms with E-state index in [0.29, 0.717) is 0 Å². The molecule has 0 N–H and O–H groups in total. The molecule has 1 saturated carbocycles. The molecule has 1 aliphatic carbocycles. The maximum absolute atomic E-state index is 13.7. The van der Waals surface area contributed by atoms with Crippen LogP contribution in [0.5, 0.6) is 0 Å². The van der Waals surface area contributed by atoms with Gasteiger partial charge in [-0.25, -0.2) is 9.50 Å². The van der Waals surface area contributed by atoms with Gasteiger partial charge in [0, 0.05) is 38.3 Å². The third-order valence-electron chi connectivity index (χ3n) is 7.04. The van der Waals surface area contributed by atoms with Crippen LogP contribution in [0.25, 0.3) is 16.9 Å². The highest BCUT2D eigenvalue weighted by atomic mass is 16.2. The molecule has 160 valence electrons. The van der Waals surface area contributed by atoms with Crippen LogP contribution in [0.4, 0.5) is 0 Å². The van der Waals surface area contributed by atoms with E-state index in [-0.39, 0.29) is 5.91 Å². The number of hydrogen-bond acceptors (Lipinski definition) is 4. The van der Waals surface area contributed by atoms with Gasteiger partial charge in [-0.05, 0) is 50.0 Å². The topological polar surface area (TPSA) is 53.7 Å². The normalized spacial score (nSPS) is 19.5. The molecule has 3 aliphatic rings. The van der Waals surface area contributed by atoms with Crippen molar-refractivity contribution in [1.82, 2.24) is 24.4 Å². The molecule has 2 fully saturated rings. The number of nitrogens with zero attached hydrogens (tertiary/aromatic N) is 5. The predicted molar refractivity (Wildman–Crippen MR) is 120 cm³/mol. The summed E-state index contributed by atoms with van der Waals surface area (Å²) in [4.78, 5) is 23.3. The van der Waals surface area contributed by atoms with Gasteiger partial charge in [-0.2, -0.15) is 5.10 Å². The standard InChI is InChI=1S/C25H29N5O/c31-25(29-12-5-2-6-13-29)23-20-11-14-28(16-18-9-10-18)17-22(20)30-24(23)27-21(15-26-30)19-7-3-1-4-8-19/h1,3-4,7-8,15,18H,2,5-6,9-14,16-17H2. The maximum atomic E-state index is 13.7. The third-order valence-corrected chi connectivity index (χ3v) is 7.04. The second-order valence-corrected chi connectivity index (χ2v) is 9.32. The highest BCUT2D eigenvalue weighted by molar-refractivity contribution is 6.02. The molecule has 0 bridgehead atoms. The first-order valence-electron chi connectivity index (χ1n) is 11.7. The Bertz CT molecular complexity index is 1110. The molecule has 3 aromatic rings. The van der Waals surface area contributed by atoms with E-state index in [0.717, 1.165) is 86.1 Å². The Hall–Kier alpha value is -2.73. The smallest absolute Gasteiger partial charge is 0.258 e. The molecule has 4 heterocycles. The Morgan fingerprint density at radius 3 is 2.61 bits per heavy atom. The highest BCUT2D eigenvalue weighted by Gasteiger charge is 2.34. The third kappa shape index (κ3) is 3.53. The van der Waals surface area contributed by atoms with Gasteiger partial charge in [0.2, 0.25) is 0 Å². The van der Waals surface area contributed by atoms with Crippen molar-refractivity contribution in [2.45, 2.75) is 45.1 Å². The summed E-state index contributed by atoms with van der Waals surface area (Å²) in [6.45, 7) is 4.75. The van der Waals surface area contributed by atoms with Gasteiger partial charge in [-0.3, -0.25) is 9.69 Å². The van der Waals surface area contributed by atoms with Crippen LogP contribution in [0.1, 0.15) is 53.7 Å². The number of likely N-dealkylation sites (tertiary alicyclic amines) is 1. The number of rotatable bonds is 4. The molecule has 31 heavy (non-hydrogen) atoms. The Kier molecular flexibility index (Phi) is 4.75. The highest BCUT2D eigenvalue weighted by Crippen LogP contribution is 2.34. The molecule has 2 aromatic heterocycles. The lowest BCUT2D eigenvalue weighted by atomic mass is 10.0. The first kappa shape index (κ1) is 19.0. The van der Waals surface area contributed by atoms with E-state index in [1.54, 1.807) is 0 Å². The van der Waals surface area contributed by atoms with Crippen molar-refractivity contribution in [2.75, 3.05) is 26.2 Å². The molecular weight excluding hydrogens is 386 g/mol. The van der Waals surface area contributed by atoms with Gasteiger partial charge in [-0.15, -0.1) is 0 Å². The number of carbonyl (C=O) groups is 1. The average Bonchev–Trinajstić information content (AvgIpc) is 3.59. The maximum Gasteiger partial charge on any atom is 0.258 e. The summed E-state index contributed by atoms with van der Waals surface area (Å²) in [6.07, 6.45) is 8.87. The molecule has 0 spiro atoms. The minimum Gasteiger partial charge on any atom is -0.339 e. The molecule has 0 radical (unpaired) electrons. The fraction of sp³-hybridized carbons (Fsp3) is 0.480. The van der Waals surface area contributed by atoms with Crippen molar-refractivity contribution in [1.29, 1.82) is 0 Å². The van der Waals surface area contributed by atoms with Gasteiger partial charge in [-0.1, -0.05) is 30.3 Å². The van der Waals surface area contributed by atoms with Crippen molar-refractivity contribution >= 4 is 11.6 Å². The second kappa shape index (κ2) is 7.75. The van der Waals surface area contributed by atoms with Crippen molar-refractivity contribution in [3.05, 3.63) is 53.3 Å². The zero-order valence-electron chi connectivity index (χ0n) is 18.0. The van der Waals surface area contributed by atoms with E-state index in [4.69, 9.17) is 10.1 Å². The summed E-state index contributed by atoms with van der Waals surface area (Å²) < 4.78 is 1.96. The van der Waals surface area contributed by atoms with E-state index in [1.165, 1.54) is 24.8 Å². The summed E-state index contributed by atoms with van der Waals surface area (Å²) in [5.74, 6) is 1.01. The van der Waals surface area contributed by atoms with Crippen LogP contribution in [-0.2, 0) is 13.0 Å².